The normalized spacial score (nSPS) is 10.8. The number of fused-ring (bicyclic) bond motifs is 1. The van der Waals surface area contributed by atoms with Gasteiger partial charge in [-0.25, -0.2) is 4.79 Å². The minimum atomic E-state index is -0.0558. The van der Waals surface area contributed by atoms with Gasteiger partial charge in [-0.15, -0.1) is 0 Å². The van der Waals surface area contributed by atoms with Gasteiger partial charge in [-0.3, -0.25) is 4.57 Å². The monoisotopic (exact) mass is 268 g/mol. The zero-order valence-electron chi connectivity index (χ0n) is 11.3. The second-order valence-corrected chi connectivity index (χ2v) is 4.70. The Labute approximate surface area is 116 Å². The lowest BCUT2D eigenvalue weighted by atomic mass is 10.1. The van der Waals surface area contributed by atoms with E-state index in [-0.39, 0.29) is 5.69 Å². The van der Waals surface area contributed by atoms with Crippen LogP contribution in [0.3, 0.4) is 0 Å². The van der Waals surface area contributed by atoms with E-state index >= 15 is 0 Å². The van der Waals surface area contributed by atoms with Crippen molar-refractivity contribution in [2.24, 2.45) is 0 Å². The summed E-state index contributed by atoms with van der Waals surface area (Å²) in [4.78, 5) is 14.8. The SMILES string of the molecule is COc1ccc(CCn2c(=O)[nH]c3ccccc32)cc1. The molecule has 0 radical (unpaired) electrons. The van der Waals surface area contributed by atoms with Crippen LogP contribution in [-0.4, -0.2) is 16.7 Å². The van der Waals surface area contributed by atoms with Gasteiger partial charge in [0.05, 0.1) is 18.1 Å². The lowest BCUT2D eigenvalue weighted by molar-refractivity contribution is 0.414. The molecule has 3 rings (SSSR count). The van der Waals surface area contributed by atoms with E-state index in [2.05, 4.69) is 4.98 Å². The van der Waals surface area contributed by atoms with Crippen LogP contribution >= 0.6 is 0 Å². The van der Waals surface area contributed by atoms with E-state index in [0.29, 0.717) is 6.54 Å². The first kappa shape index (κ1) is 12.5. The van der Waals surface area contributed by atoms with E-state index < -0.39 is 0 Å². The highest BCUT2D eigenvalue weighted by atomic mass is 16.5. The number of benzene rings is 2. The summed E-state index contributed by atoms with van der Waals surface area (Å²) in [6.07, 6.45) is 0.811. The zero-order valence-corrected chi connectivity index (χ0v) is 11.3. The smallest absolute Gasteiger partial charge is 0.326 e. The molecule has 0 unspecified atom stereocenters. The van der Waals surface area contributed by atoms with Crippen LogP contribution in [0.5, 0.6) is 5.75 Å². The maximum atomic E-state index is 11.9. The number of aryl methyl sites for hydroxylation is 2. The van der Waals surface area contributed by atoms with Crippen molar-refractivity contribution in [2.45, 2.75) is 13.0 Å². The highest BCUT2D eigenvalue weighted by Crippen LogP contribution is 2.13. The summed E-state index contributed by atoms with van der Waals surface area (Å²) in [6, 6.07) is 15.7. The molecular weight excluding hydrogens is 252 g/mol. The molecule has 0 bridgehead atoms. The van der Waals surface area contributed by atoms with Crippen molar-refractivity contribution in [3.63, 3.8) is 0 Å². The van der Waals surface area contributed by atoms with Gasteiger partial charge in [0.2, 0.25) is 0 Å². The number of hydrogen-bond acceptors (Lipinski definition) is 2. The molecule has 0 fully saturated rings. The molecule has 0 aliphatic carbocycles. The Morgan fingerprint density at radius 3 is 2.60 bits per heavy atom. The number of aromatic amines is 1. The summed E-state index contributed by atoms with van der Waals surface area (Å²) >= 11 is 0. The predicted molar refractivity (Wildman–Crippen MR) is 79.3 cm³/mol. The van der Waals surface area contributed by atoms with Gasteiger partial charge < -0.3 is 9.72 Å². The van der Waals surface area contributed by atoms with Crippen molar-refractivity contribution in [3.05, 3.63) is 64.6 Å². The summed E-state index contributed by atoms with van der Waals surface area (Å²) in [7, 11) is 1.65. The number of nitrogens with one attached hydrogen (secondary N) is 1. The van der Waals surface area contributed by atoms with Gasteiger partial charge in [0.15, 0.2) is 0 Å². The third-order valence-electron chi connectivity index (χ3n) is 3.46. The fraction of sp³-hybridized carbons (Fsp3) is 0.188. The topological polar surface area (TPSA) is 47.0 Å². The summed E-state index contributed by atoms with van der Waals surface area (Å²) in [5.41, 5.74) is 2.96. The van der Waals surface area contributed by atoms with Crippen LogP contribution in [0.15, 0.2) is 53.3 Å². The molecule has 2 aromatic carbocycles. The summed E-state index contributed by atoms with van der Waals surface area (Å²) < 4.78 is 6.91. The fourth-order valence-electron chi connectivity index (χ4n) is 2.36. The first-order valence-electron chi connectivity index (χ1n) is 6.58. The molecule has 3 aromatic rings. The highest BCUT2D eigenvalue weighted by molar-refractivity contribution is 5.74. The first-order chi connectivity index (χ1) is 9.78. The molecule has 4 heteroatoms. The van der Waals surface area contributed by atoms with E-state index in [9.17, 15) is 4.79 Å². The predicted octanol–water partition coefficient (Wildman–Crippen LogP) is 2.58. The number of hydrogen-bond donors (Lipinski definition) is 1. The van der Waals surface area contributed by atoms with Crippen molar-refractivity contribution in [1.82, 2.24) is 9.55 Å². The number of rotatable bonds is 4. The Hall–Kier alpha value is -2.49. The number of methoxy groups -OCH3 is 1. The van der Waals surface area contributed by atoms with Gasteiger partial charge in [0.1, 0.15) is 5.75 Å². The van der Waals surface area contributed by atoms with Gasteiger partial charge in [-0.2, -0.15) is 0 Å². The number of imidazole rings is 1. The molecule has 1 aromatic heterocycles. The molecular formula is C16H16N2O2. The Balaban J connectivity index is 1.82. The van der Waals surface area contributed by atoms with E-state index in [1.54, 1.807) is 11.7 Å². The fourth-order valence-corrected chi connectivity index (χ4v) is 2.36. The summed E-state index contributed by atoms with van der Waals surface area (Å²) in [5, 5.41) is 0. The largest absolute Gasteiger partial charge is 0.497 e. The van der Waals surface area contributed by atoms with E-state index in [0.717, 1.165) is 23.2 Å². The number of aromatic nitrogens is 2. The van der Waals surface area contributed by atoms with Crippen molar-refractivity contribution < 1.29 is 4.74 Å². The molecule has 0 spiro atoms. The maximum absolute atomic E-state index is 11.9. The van der Waals surface area contributed by atoms with Crippen molar-refractivity contribution in [2.75, 3.05) is 7.11 Å². The Morgan fingerprint density at radius 1 is 1.10 bits per heavy atom. The third-order valence-corrected chi connectivity index (χ3v) is 3.46. The molecule has 0 saturated carbocycles. The van der Waals surface area contributed by atoms with Gasteiger partial charge in [-0.1, -0.05) is 24.3 Å². The van der Waals surface area contributed by atoms with E-state index in [4.69, 9.17) is 4.74 Å². The molecule has 102 valence electrons. The van der Waals surface area contributed by atoms with Crippen molar-refractivity contribution >= 4 is 11.0 Å². The molecule has 20 heavy (non-hydrogen) atoms. The van der Waals surface area contributed by atoms with Crippen molar-refractivity contribution in [3.8, 4) is 5.75 Å². The van der Waals surface area contributed by atoms with Gasteiger partial charge in [0.25, 0.3) is 0 Å². The van der Waals surface area contributed by atoms with Crippen LogP contribution in [0.1, 0.15) is 5.56 Å². The molecule has 0 saturated heterocycles. The molecule has 0 aliphatic rings. The molecule has 0 amide bonds. The van der Waals surface area contributed by atoms with E-state index in [1.165, 1.54) is 5.56 Å². The van der Waals surface area contributed by atoms with Crippen LogP contribution in [-0.2, 0) is 13.0 Å². The molecule has 0 atom stereocenters. The zero-order chi connectivity index (χ0) is 13.9. The molecule has 1 N–H and O–H groups in total. The first-order valence-corrected chi connectivity index (χ1v) is 6.58. The lowest BCUT2D eigenvalue weighted by Gasteiger charge is -2.05. The van der Waals surface area contributed by atoms with Crippen LogP contribution in [0.4, 0.5) is 0 Å². The quantitative estimate of drug-likeness (QED) is 0.790. The maximum Gasteiger partial charge on any atom is 0.326 e. The Morgan fingerprint density at radius 2 is 1.85 bits per heavy atom. The molecule has 0 aliphatic heterocycles. The second-order valence-electron chi connectivity index (χ2n) is 4.70. The number of H-pyrrole nitrogens is 1. The second kappa shape index (κ2) is 5.25. The summed E-state index contributed by atoms with van der Waals surface area (Å²) in [5.74, 6) is 0.845. The lowest BCUT2D eigenvalue weighted by Crippen LogP contribution is -2.17. The van der Waals surface area contributed by atoms with Crippen LogP contribution in [0, 0.1) is 0 Å². The van der Waals surface area contributed by atoms with Crippen LogP contribution in [0.2, 0.25) is 0 Å². The highest BCUT2D eigenvalue weighted by Gasteiger charge is 2.05. The standard InChI is InChI=1S/C16H16N2O2/c1-20-13-8-6-12(7-9-13)10-11-18-15-5-3-2-4-14(15)17-16(18)19/h2-9H,10-11H2,1H3,(H,17,19). The minimum Gasteiger partial charge on any atom is -0.497 e. The average Bonchev–Trinajstić information content (AvgIpc) is 2.81. The van der Waals surface area contributed by atoms with Crippen molar-refractivity contribution in [1.29, 1.82) is 0 Å². The van der Waals surface area contributed by atoms with Crippen LogP contribution in [0.25, 0.3) is 11.0 Å². The Bertz CT molecular complexity index is 769. The van der Waals surface area contributed by atoms with E-state index in [1.807, 2.05) is 48.5 Å². The number of para-hydroxylation sites is 2. The van der Waals surface area contributed by atoms with Gasteiger partial charge in [0, 0.05) is 6.54 Å². The number of ether oxygens (including phenoxy) is 1. The minimum absolute atomic E-state index is 0.0558. The molecule has 4 nitrogen and oxygen atoms in total. The average molecular weight is 268 g/mol. The number of nitrogens with zero attached hydrogens (tertiary/aromatic N) is 1. The Kier molecular flexibility index (Phi) is 3.29. The van der Waals surface area contributed by atoms with Crippen LogP contribution < -0.4 is 10.4 Å². The molecule has 1 heterocycles. The van der Waals surface area contributed by atoms with Gasteiger partial charge in [-0.05, 0) is 36.2 Å². The third kappa shape index (κ3) is 2.32. The van der Waals surface area contributed by atoms with Gasteiger partial charge >= 0.3 is 5.69 Å². The summed E-state index contributed by atoms with van der Waals surface area (Å²) in [6.45, 7) is 0.662.